The highest BCUT2D eigenvalue weighted by Crippen LogP contribution is 2.19. The molecule has 1 N–H and O–H groups in total. The van der Waals surface area contributed by atoms with Crippen molar-refractivity contribution < 1.29 is 14.1 Å². The maximum Gasteiger partial charge on any atom is 0.272 e. The molecule has 0 atom stereocenters. The third kappa shape index (κ3) is 3.64. The van der Waals surface area contributed by atoms with Gasteiger partial charge in [0.2, 0.25) is 5.78 Å². The summed E-state index contributed by atoms with van der Waals surface area (Å²) < 4.78 is 5.73. The normalized spacial score (nSPS) is 12.5. The van der Waals surface area contributed by atoms with Gasteiger partial charge >= 0.3 is 0 Å². The van der Waals surface area contributed by atoms with Gasteiger partial charge in [-0.1, -0.05) is 12.1 Å². The van der Waals surface area contributed by atoms with Gasteiger partial charge in [0.05, 0.1) is 20.4 Å². The lowest BCUT2D eigenvalue weighted by molar-refractivity contribution is -0.385. The first-order valence-corrected chi connectivity index (χ1v) is 8.01. The third-order valence-electron chi connectivity index (χ3n) is 3.43. The zero-order valence-corrected chi connectivity index (χ0v) is 13.8. The number of aryl methyl sites for hydroxylation is 1. The van der Waals surface area contributed by atoms with Crippen LogP contribution in [0.5, 0.6) is 0 Å². The lowest BCUT2D eigenvalue weighted by Gasteiger charge is -1.97. The zero-order chi connectivity index (χ0) is 18.0. The number of rotatable bonds is 4. The standard InChI is InChI=1S/C17H12N2O5S/c1-10-4-5-11(7-12(10)19(22)23)8-15-17(21)18-16(25-15)9-13(20)14-3-2-6-24-14/h2-9H,1H3,(H,18,21)/b15-8-,16-9-. The van der Waals surface area contributed by atoms with Gasteiger partial charge in [-0.2, -0.15) is 0 Å². The van der Waals surface area contributed by atoms with Crippen molar-refractivity contribution in [1.29, 1.82) is 0 Å². The van der Waals surface area contributed by atoms with Crippen molar-refractivity contribution >= 4 is 35.0 Å². The Labute approximate surface area is 144 Å². The molecule has 0 saturated heterocycles. The van der Waals surface area contributed by atoms with Crippen molar-refractivity contribution in [1.82, 2.24) is 4.98 Å². The van der Waals surface area contributed by atoms with E-state index >= 15 is 0 Å². The van der Waals surface area contributed by atoms with Crippen LogP contribution in [0.15, 0.2) is 45.8 Å². The molecule has 25 heavy (non-hydrogen) atoms. The average molecular weight is 356 g/mol. The Morgan fingerprint density at radius 3 is 2.84 bits per heavy atom. The zero-order valence-electron chi connectivity index (χ0n) is 13.0. The predicted molar refractivity (Wildman–Crippen MR) is 93.1 cm³/mol. The quantitative estimate of drug-likeness (QED) is 0.435. The van der Waals surface area contributed by atoms with Gasteiger partial charge in [0.1, 0.15) is 0 Å². The van der Waals surface area contributed by atoms with Crippen LogP contribution in [0.4, 0.5) is 5.69 Å². The summed E-state index contributed by atoms with van der Waals surface area (Å²) in [4.78, 5) is 37.1. The number of H-pyrrole nitrogens is 1. The van der Waals surface area contributed by atoms with Gasteiger partial charge in [0.15, 0.2) is 5.76 Å². The van der Waals surface area contributed by atoms with Crippen molar-refractivity contribution in [2.45, 2.75) is 6.92 Å². The number of benzene rings is 1. The maximum atomic E-state index is 12.0. The van der Waals surface area contributed by atoms with E-state index < -0.39 is 4.92 Å². The van der Waals surface area contributed by atoms with Gasteiger partial charge in [-0.15, -0.1) is 11.3 Å². The molecule has 0 spiro atoms. The fourth-order valence-electron chi connectivity index (χ4n) is 2.20. The molecule has 0 fully saturated rings. The van der Waals surface area contributed by atoms with E-state index in [1.807, 2.05) is 0 Å². The molecular weight excluding hydrogens is 344 g/mol. The third-order valence-corrected chi connectivity index (χ3v) is 4.40. The molecule has 126 valence electrons. The Hall–Kier alpha value is -3.26. The average Bonchev–Trinajstić information content (AvgIpc) is 3.19. The SMILES string of the molecule is Cc1ccc(/C=c2\s/c(=C\C(=O)c3ccco3)[nH]c2=O)cc1[N+](=O)[O-]. The van der Waals surface area contributed by atoms with E-state index in [0.717, 1.165) is 11.3 Å². The summed E-state index contributed by atoms with van der Waals surface area (Å²) in [5, 5.41) is 11.0. The second-order valence-corrected chi connectivity index (χ2v) is 6.30. The highest BCUT2D eigenvalue weighted by Gasteiger charge is 2.10. The predicted octanol–water partition coefficient (Wildman–Crippen LogP) is 1.74. The summed E-state index contributed by atoms with van der Waals surface area (Å²) in [5.41, 5.74) is 0.696. The fraction of sp³-hybridized carbons (Fsp3) is 0.0588. The van der Waals surface area contributed by atoms with Crippen molar-refractivity contribution in [3.05, 3.63) is 83.1 Å². The van der Waals surface area contributed by atoms with Crippen LogP contribution in [0.25, 0.3) is 12.2 Å². The van der Waals surface area contributed by atoms with Gasteiger partial charge in [0.25, 0.3) is 11.2 Å². The minimum Gasteiger partial charge on any atom is -0.461 e. The van der Waals surface area contributed by atoms with Gasteiger partial charge in [-0.3, -0.25) is 19.7 Å². The molecule has 0 aliphatic rings. The Bertz CT molecular complexity index is 1120. The molecule has 2 heterocycles. The number of carbonyl (C=O) groups excluding carboxylic acids is 1. The summed E-state index contributed by atoms with van der Waals surface area (Å²) >= 11 is 1.09. The summed E-state index contributed by atoms with van der Waals surface area (Å²) in [7, 11) is 0. The number of hydrogen-bond acceptors (Lipinski definition) is 6. The summed E-state index contributed by atoms with van der Waals surface area (Å²) in [6, 6.07) is 7.86. The highest BCUT2D eigenvalue weighted by atomic mass is 32.1. The molecule has 3 rings (SSSR count). The smallest absolute Gasteiger partial charge is 0.272 e. The number of nitrogens with one attached hydrogen (secondary N) is 1. The monoisotopic (exact) mass is 356 g/mol. The fourth-order valence-corrected chi connectivity index (χ4v) is 3.08. The number of ketones is 1. The Morgan fingerprint density at radius 2 is 2.16 bits per heavy atom. The molecular formula is C17H12N2O5S. The lowest BCUT2D eigenvalue weighted by Crippen LogP contribution is -2.20. The number of nitrogens with zero attached hydrogens (tertiary/aromatic N) is 1. The molecule has 7 nitrogen and oxygen atoms in total. The molecule has 0 radical (unpaired) electrons. The number of nitro benzene ring substituents is 1. The van der Waals surface area contributed by atoms with E-state index in [1.54, 1.807) is 31.2 Å². The van der Waals surface area contributed by atoms with Crippen LogP contribution in [0.3, 0.4) is 0 Å². The van der Waals surface area contributed by atoms with E-state index in [9.17, 15) is 19.7 Å². The summed E-state index contributed by atoms with van der Waals surface area (Å²) in [6.07, 6.45) is 4.21. The lowest BCUT2D eigenvalue weighted by atomic mass is 10.1. The van der Waals surface area contributed by atoms with Crippen LogP contribution in [0, 0.1) is 17.0 Å². The molecule has 8 heteroatoms. The second-order valence-electron chi connectivity index (χ2n) is 5.22. The number of furan rings is 1. The number of thiazole rings is 1. The number of aromatic nitrogens is 1. The van der Waals surface area contributed by atoms with Crippen LogP contribution >= 0.6 is 11.3 Å². The van der Waals surface area contributed by atoms with Crippen LogP contribution < -0.4 is 14.8 Å². The largest absolute Gasteiger partial charge is 0.461 e. The summed E-state index contributed by atoms with van der Waals surface area (Å²) in [6.45, 7) is 1.65. The van der Waals surface area contributed by atoms with Gasteiger partial charge in [0, 0.05) is 17.7 Å². The molecule has 3 aromatic rings. The molecule has 0 bridgehead atoms. The Morgan fingerprint density at radius 1 is 1.36 bits per heavy atom. The van der Waals surface area contributed by atoms with E-state index in [4.69, 9.17) is 4.42 Å². The number of nitro groups is 1. The van der Waals surface area contributed by atoms with Gasteiger partial charge in [-0.05, 0) is 30.7 Å². The maximum absolute atomic E-state index is 12.0. The molecule has 0 saturated carbocycles. The number of aromatic amines is 1. The van der Waals surface area contributed by atoms with Crippen molar-refractivity contribution in [3.63, 3.8) is 0 Å². The van der Waals surface area contributed by atoms with Crippen LogP contribution in [-0.4, -0.2) is 15.7 Å². The van der Waals surface area contributed by atoms with Crippen LogP contribution in [0.1, 0.15) is 21.7 Å². The first-order chi connectivity index (χ1) is 11.9. The van der Waals surface area contributed by atoms with Crippen molar-refractivity contribution in [2.24, 2.45) is 0 Å². The van der Waals surface area contributed by atoms with E-state index in [-0.39, 0.29) is 22.8 Å². The topological polar surface area (TPSA) is 106 Å². The highest BCUT2D eigenvalue weighted by molar-refractivity contribution is 7.07. The molecule has 0 aliphatic heterocycles. The minimum atomic E-state index is -0.466. The van der Waals surface area contributed by atoms with Crippen LogP contribution in [-0.2, 0) is 0 Å². The molecule has 0 unspecified atom stereocenters. The van der Waals surface area contributed by atoms with E-state index in [0.29, 0.717) is 20.3 Å². The summed E-state index contributed by atoms with van der Waals surface area (Å²) in [5.74, 6) is -0.186. The molecule has 0 amide bonds. The van der Waals surface area contributed by atoms with E-state index in [1.165, 1.54) is 24.5 Å². The number of Topliss-reactive ketones (excluding diaryl/α,β-unsaturated/α-hetero) is 1. The minimum absolute atomic E-state index is 0.0125. The van der Waals surface area contributed by atoms with Gasteiger partial charge < -0.3 is 9.40 Å². The molecule has 1 aromatic carbocycles. The number of hydrogen-bond donors (Lipinski definition) is 1. The van der Waals surface area contributed by atoms with Crippen LogP contribution in [0.2, 0.25) is 0 Å². The molecule has 0 aliphatic carbocycles. The van der Waals surface area contributed by atoms with E-state index in [2.05, 4.69) is 4.98 Å². The van der Waals surface area contributed by atoms with Crippen molar-refractivity contribution in [3.8, 4) is 0 Å². The Kier molecular flexibility index (Phi) is 4.44. The molecule has 2 aromatic heterocycles. The van der Waals surface area contributed by atoms with Crippen molar-refractivity contribution in [2.75, 3.05) is 0 Å². The second kappa shape index (κ2) is 6.70. The Balaban J connectivity index is 2.02. The first-order valence-electron chi connectivity index (χ1n) is 7.19. The van der Waals surface area contributed by atoms with Gasteiger partial charge in [-0.25, -0.2) is 0 Å². The first kappa shape index (κ1) is 16.6. The number of carbonyl (C=O) groups is 1.